The number of sulfone groups is 1. The predicted octanol–water partition coefficient (Wildman–Crippen LogP) is 2.99. The summed E-state index contributed by atoms with van der Waals surface area (Å²) in [5.74, 6) is 1.42. The number of pyridine rings is 2. The third-order valence-corrected chi connectivity index (χ3v) is 7.09. The lowest BCUT2D eigenvalue weighted by Crippen LogP contribution is -2.29. The van der Waals surface area contributed by atoms with Crippen LogP contribution in [0.4, 0.5) is 11.5 Å². The first-order valence-electron chi connectivity index (χ1n) is 8.88. The van der Waals surface area contributed by atoms with Crippen LogP contribution in [-0.2, 0) is 9.84 Å². The van der Waals surface area contributed by atoms with Crippen LogP contribution in [0.15, 0.2) is 47.8 Å². The fourth-order valence-corrected chi connectivity index (χ4v) is 4.05. The Labute approximate surface area is 155 Å². The molecule has 3 rings (SSSR count). The normalized spacial score (nSPS) is 18.1. The van der Waals surface area contributed by atoms with Crippen LogP contribution in [0, 0.1) is 5.92 Å². The molecule has 1 fully saturated rings. The Morgan fingerprint density at radius 2 is 2.00 bits per heavy atom. The molecule has 1 unspecified atom stereocenters. The van der Waals surface area contributed by atoms with Gasteiger partial charge in [0.1, 0.15) is 5.82 Å². The Bertz CT molecular complexity index is 830. The van der Waals surface area contributed by atoms with Gasteiger partial charge in [0, 0.05) is 25.8 Å². The van der Waals surface area contributed by atoms with Gasteiger partial charge in [0.25, 0.3) is 0 Å². The van der Waals surface area contributed by atoms with Gasteiger partial charge >= 0.3 is 0 Å². The number of hydrogen-bond donors (Lipinski definition) is 1. The van der Waals surface area contributed by atoms with E-state index in [9.17, 15) is 8.42 Å². The standard InChI is InChI=1S/C19H26N4O2S/c1-19(2,3)26(24,25)18-8-7-16(13-22-18)23-11-9-15(14-23)12-21-17-6-4-5-10-20-17/h4-8,10,13,15H,9,11-12,14H2,1-3H3,(H,20,21). The molecule has 3 heterocycles. The van der Waals surface area contributed by atoms with Gasteiger partial charge in [0.2, 0.25) is 0 Å². The second-order valence-electron chi connectivity index (χ2n) is 7.67. The number of nitrogens with one attached hydrogen (secondary N) is 1. The van der Waals surface area contributed by atoms with E-state index in [-0.39, 0.29) is 5.03 Å². The lowest BCUT2D eigenvalue weighted by molar-refractivity contribution is 0.556. The van der Waals surface area contributed by atoms with Crippen molar-refractivity contribution >= 4 is 21.3 Å². The summed E-state index contributed by atoms with van der Waals surface area (Å²) < 4.78 is 24.1. The van der Waals surface area contributed by atoms with Gasteiger partial charge in [-0.1, -0.05) is 6.07 Å². The Hall–Kier alpha value is -2.15. The van der Waals surface area contributed by atoms with E-state index in [1.807, 2.05) is 24.3 Å². The van der Waals surface area contributed by atoms with E-state index in [1.165, 1.54) is 0 Å². The topological polar surface area (TPSA) is 75.2 Å². The highest BCUT2D eigenvalue weighted by Crippen LogP contribution is 2.27. The van der Waals surface area contributed by atoms with E-state index in [4.69, 9.17) is 0 Å². The first-order chi connectivity index (χ1) is 12.3. The summed E-state index contributed by atoms with van der Waals surface area (Å²) in [6.07, 6.45) is 4.54. The minimum atomic E-state index is -3.41. The van der Waals surface area contributed by atoms with E-state index in [1.54, 1.807) is 39.2 Å². The lowest BCUT2D eigenvalue weighted by Gasteiger charge is -2.21. The van der Waals surface area contributed by atoms with Crippen LogP contribution in [0.2, 0.25) is 0 Å². The summed E-state index contributed by atoms with van der Waals surface area (Å²) in [5.41, 5.74) is 0.971. The molecular weight excluding hydrogens is 348 g/mol. The minimum absolute atomic E-state index is 0.140. The van der Waals surface area contributed by atoms with Crippen molar-refractivity contribution in [1.29, 1.82) is 0 Å². The summed E-state index contributed by atoms with van der Waals surface area (Å²) in [7, 11) is -3.41. The van der Waals surface area contributed by atoms with E-state index in [0.717, 1.165) is 37.6 Å². The third kappa shape index (κ3) is 3.98. The minimum Gasteiger partial charge on any atom is -0.370 e. The number of nitrogens with zero attached hydrogens (tertiary/aromatic N) is 3. The van der Waals surface area contributed by atoms with E-state index >= 15 is 0 Å². The molecule has 0 amide bonds. The van der Waals surface area contributed by atoms with Crippen LogP contribution in [-0.4, -0.2) is 42.8 Å². The zero-order valence-electron chi connectivity index (χ0n) is 15.5. The molecule has 0 aromatic carbocycles. The molecule has 1 saturated heterocycles. The summed E-state index contributed by atoms with van der Waals surface area (Å²) in [6.45, 7) is 7.82. The van der Waals surface area contributed by atoms with Gasteiger partial charge < -0.3 is 10.2 Å². The highest BCUT2D eigenvalue weighted by Gasteiger charge is 2.32. The third-order valence-electron chi connectivity index (χ3n) is 4.69. The molecule has 1 aliphatic heterocycles. The SMILES string of the molecule is CC(C)(C)S(=O)(=O)c1ccc(N2CCC(CNc3ccccn3)C2)cn1. The molecular formula is C19H26N4O2S. The Morgan fingerprint density at radius 1 is 1.19 bits per heavy atom. The smallest absolute Gasteiger partial charge is 0.200 e. The fraction of sp³-hybridized carbons (Fsp3) is 0.474. The van der Waals surface area contributed by atoms with Crippen molar-refractivity contribution in [2.75, 3.05) is 29.9 Å². The second-order valence-corrected chi connectivity index (χ2v) is 10.3. The molecule has 0 saturated carbocycles. The Kier molecular flexibility index (Phi) is 5.18. The zero-order valence-corrected chi connectivity index (χ0v) is 16.3. The van der Waals surface area contributed by atoms with Gasteiger partial charge in [0.15, 0.2) is 14.9 Å². The number of anilines is 2. The van der Waals surface area contributed by atoms with Crippen molar-refractivity contribution < 1.29 is 8.42 Å². The number of rotatable bonds is 5. The molecule has 0 aliphatic carbocycles. The highest BCUT2D eigenvalue weighted by atomic mass is 32.2. The van der Waals surface area contributed by atoms with Crippen molar-refractivity contribution in [2.24, 2.45) is 5.92 Å². The molecule has 0 spiro atoms. The number of aromatic nitrogens is 2. The summed E-state index contributed by atoms with van der Waals surface area (Å²) in [4.78, 5) is 10.8. The summed E-state index contributed by atoms with van der Waals surface area (Å²) in [6, 6.07) is 9.31. The van der Waals surface area contributed by atoms with Gasteiger partial charge in [-0.25, -0.2) is 18.4 Å². The van der Waals surface area contributed by atoms with Gasteiger partial charge in [0.05, 0.1) is 16.6 Å². The van der Waals surface area contributed by atoms with Crippen LogP contribution < -0.4 is 10.2 Å². The van der Waals surface area contributed by atoms with Crippen molar-refractivity contribution in [3.63, 3.8) is 0 Å². The van der Waals surface area contributed by atoms with Crippen LogP contribution in [0.25, 0.3) is 0 Å². The monoisotopic (exact) mass is 374 g/mol. The Morgan fingerprint density at radius 3 is 2.62 bits per heavy atom. The average Bonchev–Trinajstić information content (AvgIpc) is 3.09. The van der Waals surface area contributed by atoms with Crippen LogP contribution in [0.1, 0.15) is 27.2 Å². The molecule has 140 valence electrons. The largest absolute Gasteiger partial charge is 0.370 e. The molecule has 0 radical (unpaired) electrons. The zero-order chi connectivity index (χ0) is 18.8. The summed E-state index contributed by atoms with van der Waals surface area (Å²) in [5, 5.41) is 3.51. The quantitative estimate of drug-likeness (QED) is 0.867. The predicted molar refractivity (Wildman–Crippen MR) is 104 cm³/mol. The molecule has 1 N–H and O–H groups in total. The van der Waals surface area contributed by atoms with E-state index in [2.05, 4.69) is 20.2 Å². The average molecular weight is 375 g/mol. The Balaban J connectivity index is 1.61. The van der Waals surface area contributed by atoms with Crippen LogP contribution in [0.3, 0.4) is 0 Å². The highest BCUT2D eigenvalue weighted by molar-refractivity contribution is 7.92. The van der Waals surface area contributed by atoms with E-state index in [0.29, 0.717) is 5.92 Å². The maximum absolute atomic E-state index is 12.5. The van der Waals surface area contributed by atoms with Crippen molar-refractivity contribution in [2.45, 2.75) is 37.0 Å². The lowest BCUT2D eigenvalue weighted by atomic mass is 10.1. The molecule has 2 aromatic rings. The molecule has 6 nitrogen and oxygen atoms in total. The molecule has 7 heteroatoms. The van der Waals surface area contributed by atoms with Crippen molar-refractivity contribution in [3.05, 3.63) is 42.7 Å². The van der Waals surface area contributed by atoms with Crippen LogP contribution in [0.5, 0.6) is 0 Å². The maximum atomic E-state index is 12.5. The fourth-order valence-electron chi connectivity index (χ4n) is 2.98. The molecule has 2 aromatic heterocycles. The van der Waals surface area contributed by atoms with Gasteiger partial charge in [-0.05, 0) is 57.4 Å². The van der Waals surface area contributed by atoms with Gasteiger partial charge in [-0.15, -0.1) is 0 Å². The van der Waals surface area contributed by atoms with Crippen molar-refractivity contribution in [3.8, 4) is 0 Å². The first-order valence-corrected chi connectivity index (χ1v) is 10.4. The molecule has 0 bridgehead atoms. The molecule has 1 atom stereocenters. The van der Waals surface area contributed by atoms with E-state index < -0.39 is 14.6 Å². The van der Waals surface area contributed by atoms with Gasteiger partial charge in [-0.2, -0.15) is 0 Å². The van der Waals surface area contributed by atoms with Crippen LogP contribution >= 0.6 is 0 Å². The molecule has 1 aliphatic rings. The number of hydrogen-bond acceptors (Lipinski definition) is 6. The van der Waals surface area contributed by atoms with Crippen molar-refractivity contribution in [1.82, 2.24) is 9.97 Å². The first kappa shape index (κ1) is 18.6. The summed E-state index contributed by atoms with van der Waals surface area (Å²) >= 11 is 0. The molecule has 26 heavy (non-hydrogen) atoms. The van der Waals surface area contributed by atoms with Gasteiger partial charge in [-0.3, -0.25) is 0 Å². The maximum Gasteiger partial charge on any atom is 0.200 e. The second kappa shape index (κ2) is 7.23.